The van der Waals surface area contributed by atoms with Crippen molar-refractivity contribution < 1.29 is 27.8 Å². The first-order valence-electron chi connectivity index (χ1n) is 20.3. The smallest absolute Gasteiger partial charge is 0.241 e. The number of aromatic nitrogens is 4. The summed E-state index contributed by atoms with van der Waals surface area (Å²) in [7, 11) is -3.97. The summed E-state index contributed by atoms with van der Waals surface area (Å²) < 4.78 is 44.3. The Morgan fingerprint density at radius 1 is 0.790 bits per heavy atom. The molecule has 0 radical (unpaired) electrons. The van der Waals surface area contributed by atoms with E-state index in [-0.39, 0.29) is 36.7 Å². The number of aliphatic hydroxyl groups is 1. The van der Waals surface area contributed by atoms with Gasteiger partial charge in [0.15, 0.2) is 6.29 Å². The minimum atomic E-state index is -3.97. The van der Waals surface area contributed by atoms with Crippen molar-refractivity contribution in [2.24, 2.45) is 0 Å². The Labute approximate surface area is 365 Å². The van der Waals surface area contributed by atoms with Gasteiger partial charge < -0.3 is 19.9 Å². The summed E-state index contributed by atoms with van der Waals surface area (Å²) in [6.07, 6.45) is -0.302. The molecule has 8 rings (SSSR count). The molecule has 1 amide bonds. The second-order valence-electron chi connectivity index (χ2n) is 15.1. The third-order valence-electron chi connectivity index (χ3n) is 10.6. The van der Waals surface area contributed by atoms with Gasteiger partial charge in [-0.25, -0.2) is 8.42 Å². The number of tetrazole rings is 1. The van der Waals surface area contributed by atoms with Gasteiger partial charge in [0.05, 0.1) is 29.4 Å². The molecular weight excluding hydrogens is 821 g/mol. The molecule has 7 aromatic rings. The highest BCUT2D eigenvalue weighted by Gasteiger charge is 2.33. The van der Waals surface area contributed by atoms with Gasteiger partial charge in [-0.1, -0.05) is 145 Å². The van der Waals surface area contributed by atoms with E-state index in [1.165, 1.54) is 23.9 Å². The number of hydrogen-bond donors (Lipinski definition) is 3. The van der Waals surface area contributed by atoms with Crippen molar-refractivity contribution in [3.63, 3.8) is 0 Å². The van der Waals surface area contributed by atoms with Crippen molar-refractivity contribution >= 4 is 27.7 Å². The molecule has 0 aliphatic carbocycles. The number of aliphatic hydroxyl groups excluding tert-OH is 1. The first-order chi connectivity index (χ1) is 30.2. The van der Waals surface area contributed by atoms with Crippen LogP contribution in [0.5, 0.6) is 0 Å². The maximum Gasteiger partial charge on any atom is 0.241 e. The average molecular weight is 867 g/mol. The Morgan fingerprint density at radius 3 is 2.21 bits per heavy atom. The van der Waals surface area contributed by atoms with E-state index >= 15 is 0 Å². The van der Waals surface area contributed by atoms with Crippen LogP contribution in [0, 0.1) is 6.92 Å². The monoisotopic (exact) mass is 866 g/mol. The van der Waals surface area contributed by atoms with Crippen LogP contribution in [0.4, 0.5) is 0 Å². The van der Waals surface area contributed by atoms with E-state index in [0.29, 0.717) is 17.3 Å². The maximum atomic E-state index is 13.7. The molecule has 0 bridgehead atoms. The highest BCUT2D eigenvalue weighted by atomic mass is 32.2. The first-order valence-corrected chi connectivity index (χ1v) is 22.7. The normalized spacial score (nSPS) is 17.0. The van der Waals surface area contributed by atoms with E-state index in [1.54, 1.807) is 16.8 Å². The lowest BCUT2D eigenvalue weighted by atomic mass is 9.99. The number of nitrogens with zero attached hydrogens (tertiary/aromatic N) is 4. The third-order valence-corrected chi connectivity index (χ3v) is 13.1. The minimum absolute atomic E-state index is 0.0368. The summed E-state index contributed by atoms with van der Waals surface area (Å²) in [5.74, 6) is 0.159. The number of aryl methyl sites for hydroxylation is 1. The van der Waals surface area contributed by atoms with Crippen molar-refractivity contribution in [1.82, 2.24) is 30.2 Å². The van der Waals surface area contributed by atoms with Crippen LogP contribution in [0.1, 0.15) is 52.2 Å². The second-order valence-corrected chi connectivity index (χ2v) is 17.8. The molecule has 1 saturated heterocycles. The number of benzene rings is 6. The molecule has 12 nitrogen and oxygen atoms in total. The summed E-state index contributed by atoms with van der Waals surface area (Å²) in [6.45, 7) is 2.05. The topological polar surface area (TPSA) is 158 Å². The molecule has 3 N–H and O–H groups in total. The molecule has 2 heterocycles. The predicted octanol–water partition coefficient (Wildman–Crippen LogP) is 7.67. The van der Waals surface area contributed by atoms with E-state index < -0.39 is 28.3 Å². The van der Waals surface area contributed by atoms with Gasteiger partial charge in [-0.15, -0.1) is 5.10 Å². The molecule has 1 aliphatic heterocycles. The molecule has 1 fully saturated rings. The van der Waals surface area contributed by atoms with E-state index in [0.717, 1.165) is 50.2 Å². The number of amides is 1. The van der Waals surface area contributed by atoms with Crippen LogP contribution in [0.15, 0.2) is 168 Å². The number of carbonyl (C=O) groups excluding carboxylic acids is 1. The Hall–Kier alpha value is -6.00. The van der Waals surface area contributed by atoms with Gasteiger partial charge in [0.1, 0.15) is 6.04 Å². The molecule has 316 valence electrons. The van der Waals surface area contributed by atoms with Crippen LogP contribution in [0.25, 0.3) is 16.8 Å². The standard InChI is InChI=1S/C48H46N6O6S2/c1-33-15-25-43(26-16-33)62(57,58)51-44(28-34-9-4-2-5-10-34)46(56)49-30-36-11-8-12-40(27-36)37-21-23-39(24-22-37)47-59-42(29-45(60-47)38-19-17-35(31-55)18-20-38)32-61-48-50-52-53-54(48)41-13-6-3-7-14-41/h2-27,42,44-45,47,51,55H,28-32H2,1H3,(H,49,56)/t42-,44+,45+,47+/m0/s1. The SMILES string of the molecule is Cc1ccc(S(=O)(=O)N[C@H](Cc2ccccc2)C(=O)NCc2cccc(-c3ccc([C@@H]4O[C@H](CSc5nnnn5-c5ccccc5)C[C@H](c5ccc(CO)cc5)O4)cc3)c2)cc1. The van der Waals surface area contributed by atoms with Crippen LogP contribution in [0.3, 0.4) is 0 Å². The summed E-state index contributed by atoms with van der Waals surface area (Å²) in [6, 6.07) is 48.3. The molecule has 14 heteroatoms. The fourth-order valence-electron chi connectivity index (χ4n) is 7.21. The number of hydrogen-bond acceptors (Lipinski definition) is 10. The van der Waals surface area contributed by atoms with Gasteiger partial charge in [0.2, 0.25) is 21.1 Å². The zero-order chi connectivity index (χ0) is 42.9. The number of nitrogens with one attached hydrogen (secondary N) is 2. The van der Waals surface area contributed by atoms with E-state index in [1.807, 2.05) is 140 Å². The van der Waals surface area contributed by atoms with Crippen molar-refractivity contribution in [3.8, 4) is 16.8 Å². The van der Waals surface area contributed by atoms with Crippen LogP contribution < -0.4 is 10.0 Å². The van der Waals surface area contributed by atoms with Gasteiger partial charge in [-0.3, -0.25) is 4.79 Å². The van der Waals surface area contributed by atoms with E-state index in [4.69, 9.17) is 9.47 Å². The Kier molecular flexibility index (Phi) is 13.6. The van der Waals surface area contributed by atoms with Gasteiger partial charge in [-0.2, -0.15) is 9.40 Å². The van der Waals surface area contributed by atoms with Gasteiger partial charge in [-0.05, 0) is 87.5 Å². The van der Waals surface area contributed by atoms with Gasteiger partial charge >= 0.3 is 0 Å². The molecular formula is C48H46N6O6S2. The summed E-state index contributed by atoms with van der Waals surface area (Å²) >= 11 is 1.52. The van der Waals surface area contributed by atoms with Crippen LogP contribution in [0.2, 0.25) is 0 Å². The summed E-state index contributed by atoms with van der Waals surface area (Å²) in [5, 5.41) is 25.7. The largest absolute Gasteiger partial charge is 0.392 e. The number of ether oxygens (including phenoxy) is 2. The molecule has 0 saturated carbocycles. The fourth-order valence-corrected chi connectivity index (χ4v) is 9.31. The number of rotatable bonds is 16. The van der Waals surface area contributed by atoms with Crippen molar-refractivity contribution in [2.75, 3.05) is 5.75 Å². The Morgan fingerprint density at radius 2 is 1.48 bits per heavy atom. The lowest BCUT2D eigenvalue weighted by molar-refractivity contribution is -0.245. The van der Waals surface area contributed by atoms with Crippen LogP contribution in [-0.2, 0) is 43.9 Å². The lowest BCUT2D eigenvalue weighted by Gasteiger charge is -2.36. The Bertz CT molecular complexity index is 2670. The van der Waals surface area contributed by atoms with Gasteiger partial charge in [0, 0.05) is 24.3 Å². The van der Waals surface area contributed by atoms with Crippen molar-refractivity contribution in [3.05, 3.63) is 191 Å². The maximum absolute atomic E-state index is 13.7. The highest BCUT2D eigenvalue weighted by Crippen LogP contribution is 2.40. The molecule has 4 atom stereocenters. The molecule has 1 aliphatic rings. The first kappa shape index (κ1) is 42.7. The van der Waals surface area contributed by atoms with E-state index in [2.05, 4.69) is 25.6 Å². The zero-order valence-electron chi connectivity index (χ0n) is 33.9. The second kappa shape index (κ2) is 19.8. The van der Waals surface area contributed by atoms with Crippen molar-refractivity contribution in [1.29, 1.82) is 0 Å². The fraction of sp³-hybridized carbons (Fsp3) is 0.208. The highest BCUT2D eigenvalue weighted by molar-refractivity contribution is 7.99. The molecule has 0 spiro atoms. The quantitative estimate of drug-likeness (QED) is 0.0824. The number of thioether (sulfide) groups is 1. The van der Waals surface area contributed by atoms with Crippen LogP contribution in [-0.4, -0.2) is 57.5 Å². The zero-order valence-corrected chi connectivity index (χ0v) is 35.6. The van der Waals surface area contributed by atoms with E-state index in [9.17, 15) is 18.3 Å². The molecule has 1 aromatic heterocycles. The van der Waals surface area contributed by atoms with Gasteiger partial charge in [0.25, 0.3) is 0 Å². The number of carbonyl (C=O) groups is 1. The average Bonchev–Trinajstić information content (AvgIpc) is 3.79. The molecule has 0 unspecified atom stereocenters. The third kappa shape index (κ3) is 10.7. The number of sulfonamides is 1. The lowest BCUT2D eigenvalue weighted by Crippen LogP contribution is -2.47. The number of para-hydroxylation sites is 1. The summed E-state index contributed by atoms with van der Waals surface area (Å²) in [4.78, 5) is 13.8. The Balaban J connectivity index is 0.952. The molecule has 62 heavy (non-hydrogen) atoms. The molecule has 6 aromatic carbocycles. The van der Waals surface area contributed by atoms with Crippen LogP contribution >= 0.6 is 11.8 Å². The summed E-state index contributed by atoms with van der Waals surface area (Å²) in [5.41, 5.74) is 8.07. The predicted molar refractivity (Wildman–Crippen MR) is 237 cm³/mol. The van der Waals surface area contributed by atoms with Crippen molar-refractivity contribution in [2.45, 2.75) is 67.5 Å². The minimum Gasteiger partial charge on any atom is -0.392 e.